The highest BCUT2D eigenvalue weighted by Gasteiger charge is 3.23. The Morgan fingerprint density at radius 1 is 0.719 bits per heavy atom. The topological polar surface area (TPSA) is 467 Å². The zero-order chi connectivity index (χ0) is 60.9. The highest BCUT2D eigenvalue weighted by molar-refractivity contribution is 6.13. The summed E-state index contributed by atoms with van der Waals surface area (Å²) in [6.45, 7) is 1.04. The molecule has 24 aliphatic rings. The number of allylic oxidation sites excluding steroid dienone is 2. The van der Waals surface area contributed by atoms with Gasteiger partial charge in [-0.3, -0.25) is 14.4 Å². The lowest BCUT2D eigenvalue weighted by Gasteiger charge is -2.72. The molecule has 27 atom stereocenters. The van der Waals surface area contributed by atoms with Crippen LogP contribution in [-0.2, 0) is 78.7 Å². The fourth-order valence-corrected chi connectivity index (χ4v) is 27.9. The monoisotopic (exact) mass is 1210 g/mol. The molecule has 17 aliphatic carbocycles. The maximum atomic E-state index is 15.5. The lowest BCUT2D eigenvalue weighted by molar-refractivity contribution is -0.242. The SMILES string of the molecule is CC(=O)C1=C2C(C(=O)O)C3=CC(O)=CC4C(O)C5C6(C(=O)O)OC67C(C(=O)O)C6C(O)Cc8c(C(=O)O)cc9c%10c8[C@@]6(O)[C@@]68O[C@]6%11C6=C%12C(C2[C@]2(O[C@]342)[C@@]52O[C@]%122C78)[C@]23OC12C(O)=C(C(=O)O)C1=C3C62OC23C(=C2C9=C(C(=O)O)C=CC2[C@]2(C(=O)O)O[C@]32C1)C%10%11. The summed E-state index contributed by atoms with van der Waals surface area (Å²) in [5.74, 6) is -33.7. The van der Waals surface area contributed by atoms with Crippen LogP contribution in [0.25, 0.3) is 5.57 Å². The van der Waals surface area contributed by atoms with Crippen LogP contribution in [0.1, 0.15) is 51.9 Å². The molecule has 7 aliphatic heterocycles. The zero-order valence-electron chi connectivity index (χ0n) is 44.7. The lowest BCUT2D eigenvalue weighted by Crippen LogP contribution is -2.88. The molecule has 27 heteroatoms. The Kier molecular flexibility index (Phi) is 5.82. The molecule has 0 amide bonds. The number of carboxylic acids is 7. The van der Waals surface area contributed by atoms with E-state index in [0.29, 0.717) is 0 Å². The third-order valence-electron chi connectivity index (χ3n) is 28.5. The van der Waals surface area contributed by atoms with E-state index in [1.165, 1.54) is 12.1 Å². The molecule has 1 aromatic carbocycles. The van der Waals surface area contributed by atoms with Crippen molar-refractivity contribution in [2.24, 2.45) is 53.3 Å². The van der Waals surface area contributed by atoms with Crippen molar-refractivity contribution in [3.05, 3.63) is 131 Å². The summed E-state index contributed by atoms with van der Waals surface area (Å²) in [5, 5.41) is 151. The molecule has 13 fully saturated rings. The fraction of sp³-hybridized carbons (Fsp3) is 0.484. The first-order chi connectivity index (χ1) is 42.1. The number of aliphatic hydroxyl groups is 5. The van der Waals surface area contributed by atoms with E-state index in [9.17, 15) is 80.1 Å². The molecule has 25 rings (SSSR count). The minimum atomic E-state index is -3.09. The van der Waals surface area contributed by atoms with E-state index in [0.717, 1.165) is 25.2 Å². The van der Waals surface area contributed by atoms with Gasteiger partial charge in [0.25, 0.3) is 0 Å². The smallest absolute Gasteiger partial charge is 0.340 e. The van der Waals surface area contributed by atoms with Crippen molar-refractivity contribution >= 4 is 53.1 Å². The minimum absolute atomic E-state index is 0.0171. The Balaban J connectivity index is 0.971. The van der Waals surface area contributed by atoms with Gasteiger partial charge < -0.3 is 94.4 Å². The van der Waals surface area contributed by atoms with Crippen LogP contribution >= 0.6 is 0 Å². The number of aliphatic carboxylic acids is 6. The van der Waals surface area contributed by atoms with Crippen molar-refractivity contribution in [1.82, 2.24) is 0 Å². The molecule has 27 nitrogen and oxygen atoms in total. The van der Waals surface area contributed by atoms with E-state index >= 15 is 19.5 Å². The van der Waals surface area contributed by atoms with Crippen molar-refractivity contribution in [3.63, 3.8) is 0 Å². The van der Waals surface area contributed by atoms with E-state index in [4.69, 9.17) is 33.2 Å². The Morgan fingerprint density at radius 3 is 2.12 bits per heavy atom. The highest BCUT2D eigenvalue weighted by atomic mass is 16.8. The van der Waals surface area contributed by atoms with Crippen LogP contribution < -0.4 is 0 Å². The third kappa shape index (κ3) is 2.99. The van der Waals surface area contributed by atoms with Gasteiger partial charge in [0.2, 0.25) is 11.2 Å². The van der Waals surface area contributed by atoms with Crippen LogP contribution in [0.3, 0.4) is 0 Å². The number of Topliss-reactive ketones (excluding diaryl/α,β-unsaturated/α-hetero) is 1. The van der Waals surface area contributed by atoms with Crippen molar-refractivity contribution in [2.45, 2.75) is 122 Å². The van der Waals surface area contributed by atoms with Gasteiger partial charge in [0.15, 0.2) is 28.2 Å². The number of carboxylic acid groups (broad SMARTS) is 7. The van der Waals surface area contributed by atoms with Crippen molar-refractivity contribution in [2.75, 3.05) is 0 Å². The van der Waals surface area contributed by atoms with Crippen molar-refractivity contribution in [1.29, 1.82) is 0 Å². The molecule has 12 N–H and O–H groups in total. The van der Waals surface area contributed by atoms with Gasteiger partial charge in [-0.25, -0.2) is 24.0 Å². The second kappa shape index (κ2) is 11.0. The number of aliphatic hydroxyl groups excluding tert-OH is 4. The van der Waals surface area contributed by atoms with Gasteiger partial charge >= 0.3 is 41.8 Å². The van der Waals surface area contributed by atoms with Gasteiger partial charge in [-0.1, -0.05) is 12.2 Å². The van der Waals surface area contributed by atoms with Gasteiger partial charge in [0.1, 0.15) is 73.4 Å². The molecule has 89 heavy (non-hydrogen) atoms. The van der Waals surface area contributed by atoms with Gasteiger partial charge in [-0.2, -0.15) is 0 Å². The van der Waals surface area contributed by atoms with Gasteiger partial charge in [-0.15, -0.1) is 0 Å². The van der Waals surface area contributed by atoms with E-state index in [2.05, 4.69) is 0 Å². The van der Waals surface area contributed by atoms with E-state index in [1.807, 2.05) is 0 Å². The normalized spacial score (nSPS) is 59.0. The summed E-state index contributed by atoms with van der Waals surface area (Å²) in [6.07, 6.45) is -1.10. The van der Waals surface area contributed by atoms with Crippen molar-refractivity contribution < 1.29 is 133 Å². The van der Waals surface area contributed by atoms with Gasteiger partial charge in [-0.05, 0) is 80.8 Å². The van der Waals surface area contributed by atoms with Gasteiger partial charge in [0.05, 0.1) is 41.1 Å². The maximum absolute atomic E-state index is 15.5. The first-order valence-electron chi connectivity index (χ1n) is 29.4. The third-order valence-corrected chi connectivity index (χ3v) is 28.5. The van der Waals surface area contributed by atoms with Gasteiger partial charge in [0, 0.05) is 70.6 Å². The summed E-state index contributed by atoms with van der Waals surface area (Å²) in [4.78, 5) is 119. The van der Waals surface area contributed by atoms with Crippen LogP contribution in [0.5, 0.6) is 0 Å². The zero-order valence-corrected chi connectivity index (χ0v) is 44.7. The average molecular weight is 1210 g/mol. The number of carbonyl (C=O) groups is 8. The van der Waals surface area contributed by atoms with Crippen LogP contribution in [0, 0.1) is 53.3 Å². The number of aromatic carboxylic acids is 1. The molecule has 17 unspecified atom stereocenters. The molecule has 7 heterocycles. The predicted molar refractivity (Wildman–Crippen MR) is 267 cm³/mol. The number of hydrogen-bond donors (Lipinski definition) is 12. The molecule has 0 radical (unpaired) electrons. The molecule has 0 aromatic heterocycles. The number of carbonyl (C=O) groups excluding carboxylic acids is 1. The second-order valence-electron chi connectivity index (χ2n) is 29.3. The molecule has 11 spiro atoms. The molecule has 0 bridgehead atoms. The van der Waals surface area contributed by atoms with E-state index in [1.54, 1.807) is 0 Å². The molecule has 6 saturated carbocycles. The number of epoxide rings is 7. The molecule has 446 valence electrons. The lowest BCUT2D eigenvalue weighted by atomic mass is 9.24. The number of rotatable bonds is 8. The summed E-state index contributed by atoms with van der Waals surface area (Å²) in [7, 11) is 0. The quantitative estimate of drug-likeness (QED) is 0.103. The first kappa shape index (κ1) is 47.1. The number of ether oxygens (including phenoxy) is 7. The van der Waals surface area contributed by atoms with Crippen LogP contribution in [-0.4, -0.2) is 199 Å². The predicted octanol–water partition coefficient (Wildman–Crippen LogP) is -1.58. The van der Waals surface area contributed by atoms with Crippen LogP contribution in [0.2, 0.25) is 0 Å². The summed E-state index contributed by atoms with van der Waals surface area (Å²) in [5.41, 5.74) is -42.9. The number of benzene rings is 1. The van der Waals surface area contributed by atoms with E-state index in [-0.39, 0.29) is 72.4 Å². The Bertz CT molecular complexity index is 4910. The molecule has 7 saturated heterocycles. The summed E-state index contributed by atoms with van der Waals surface area (Å²) < 4.78 is 52.6. The first-order valence-corrected chi connectivity index (χ1v) is 29.4. The van der Waals surface area contributed by atoms with Crippen LogP contribution in [0.15, 0.2) is 103 Å². The largest absolute Gasteiger partial charge is 0.508 e. The van der Waals surface area contributed by atoms with Crippen LogP contribution in [0.4, 0.5) is 0 Å². The standard InChI is InChI=1S/C62H36O27/c1-9(63)26-25-24(43(74)75)17-4-10(64)5-18-35(66)38-58(47(80)81)55(85-58)34(44(76)77)28-19(65)7-12-13(41(70)71)6-14-20-11(40(68)69)2-3-16-23(20)30-29-21(14)27(12)49(28,82)62-45(55)56-33-32(31(25)60(50(17,18)86-60)61(38,56)88-56)52-36-15(22(42(72)73)39(67)54(26,52)84-52)8-48(51(16,83-48)46(78)79)59(30)57(36,89-59)37(33)53(29,62)87-62/h2-6,16,18-19,24,28-29,31-32,34-35,38,45,64-67,82H,7-8H2,1H3,(H,68,69)(H,70,71)(H,72,73)(H,74,75)(H,76,77)(H,78,79)(H,80,81)/t16?,18?,19?,24?,28?,29?,31?,32?,34?,35?,38?,45?,48-,49-,50+,51+,52+,53+,54?,55?,56-,57?,58?,59?,60+,61+,62+/m0/s1. The minimum Gasteiger partial charge on any atom is -0.508 e. The summed E-state index contributed by atoms with van der Waals surface area (Å²) in [6, 6.07) is 1.17. The number of fused-ring (bicyclic) bond motifs is 3. The Labute approximate surface area is 490 Å². The fourth-order valence-electron chi connectivity index (χ4n) is 27.9. The highest BCUT2D eigenvalue weighted by Crippen LogP contribution is 3.07. The Morgan fingerprint density at radius 2 is 1.45 bits per heavy atom. The summed E-state index contributed by atoms with van der Waals surface area (Å²) >= 11 is 0. The van der Waals surface area contributed by atoms with Crippen molar-refractivity contribution in [3.8, 4) is 0 Å². The molecule has 1 aromatic rings. The number of ketones is 1. The second-order valence-corrected chi connectivity index (χ2v) is 29.3. The number of hydrogen-bond acceptors (Lipinski definition) is 20. The molecular formula is C62H36O27. The Hall–Kier alpha value is -7.96. The average Bonchev–Trinajstić information content (AvgIpc) is 1.35. The van der Waals surface area contributed by atoms with E-state index < -0.39 is 250 Å². The molecular weight excluding hydrogens is 1180 g/mol. The maximum Gasteiger partial charge on any atom is 0.340 e.